The van der Waals surface area contributed by atoms with E-state index >= 15 is 0 Å². The summed E-state index contributed by atoms with van der Waals surface area (Å²) >= 11 is 0. The molecule has 1 heterocycles. The number of aliphatic hydroxyl groups is 2. The van der Waals surface area contributed by atoms with Crippen molar-refractivity contribution in [1.29, 1.82) is 0 Å². The average molecular weight is 160 g/mol. The summed E-state index contributed by atoms with van der Waals surface area (Å²) in [4.78, 5) is 10.8. The number of rotatable bonds is 0. The first kappa shape index (κ1) is 8.29. The molecule has 0 spiro atoms. The number of carbonyl (C=O) groups is 1. The predicted molar refractivity (Wildman–Crippen MR) is 37.5 cm³/mol. The molecule has 4 N–H and O–H groups in total. The molecule has 0 bridgehead atoms. The first-order chi connectivity index (χ1) is 4.81. The van der Waals surface area contributed by atoms with Crippen LogP contribution in [0.15, 0.2) is 0 Å². The normalized spacial score (nSPS) is 44.5. The van der Waals surface area contributed by atoms with Gasteiger partial charge in [0.1, 0.15) is 11.4 Å². The van der Waals surface area contributed by atoms with Gasteiger partial charge in [-0.3, -0.25) is 0 Å². The van der Waals surface area contributed by atoms with Gasteiger partial charge in [0, 0.05) is 6.42 Å². The molecule has 0 radical (unpaired) electrons. The highest BCUT2D eigenvalue weighted by Gasteiger charge is 2.39. The number of nitrogens with one attached hydrogen (secondary N) is 2. The maximum Gasteiger partial charge on any atom is 0.319 e. The number of amides is 2. The fourth-order valence-electron chi connectivity index (χ4n) is 1.28. The Kier molecular flexibility index (Phi) is 1.57. The van der Waals surface area contributed by atoms with E-state index in [1.807, 2.05) is 0 Å². The molecule has 0 aromatic heterocycles. The number of urea groups is 1. The van der Waals surface area contributed by atoms with Crippen molar-refractivity contribution in [2.45, 2.75) is 31.7 Å². The maximum absolute atomic E-state index is 10.8. The van der Waals surface area contributed by atoms with Crippen LogP contribution in [-0.2, 0) is 0 Å². The molecule has 1 saturated heterocycles. The third-order valence-electron chi connectivity index (χ3n) is 1.45. The Balaban J connectivity index is 2.74. The molecule has 0 aromatic carbocycles. The molecule has 1 fully saturated rings. The van der Waals surface area contributed by atoms with Crippen molar-refractivity contribution in [3.8, 4) is 0 Å². The molecule has 2 atom stereocenters. The minimum Gasteiger partial charge on any atom is -0.371 e. The molecule has 2 amide bonds. The smallest absolute Gasteiger partial charge is 0.319 e. The van der Waals surface area contributed by atoms with E-state index in [4.69, 9.17) is 0 Å². The SMILES string of the molecule is CC1(O)CC(C)(O)NC(=O)N1. The summed E-state index contributed by atoms with van der Waals surface area (Å²) in [6.07, 6.45) is 0.0612. The Hall–Kier alpha value is -0.810. The van der Waals surface area contributed by atoms with Gasteiger partial charge >= 0.3 is 6.03 Å². The minimum atomic E-state index is -1.33. The van der Waals surface area contributed by atoms with Crippen LogP contribution in [0.3, 0.4) is 0 Å². The van der Waals surface area contributed by atoms with E-state index in [0.29, 0.717) is 0 Å². The highest BCUT2D eigenvalue weighted by Crippen LogP contribution is 2.19. The van der Waals surface area contributed by atoms with Crippen LogP contribution in [0, 0.1) is 0 Å². The van der Waals surface area contributed by atoms with E-state index in [1.165, 1.54) is 13.8 Å². The summed E-state index contributed by atoms with van der Waals surface area (Å²) in [6.45, 7) is 2.86. The van der Waals surface area contributed by atoms with Gasteiger partial charge in [-0.15, -0.1) is 0 Å². The molecule has 0 aliphatic carbocycles. The number of hydrogen-bond acceptors (Lipinski definition) is 3. The monoisotopic (exact) mass is 160 g/mol. The van der Waals surface area contributed by atoms with E-state index in [1.54, 1.807) is 0 Å². The Labute approximate surface area is 64.4 Å². The summed E-state index contributed by atoms with van der Waals surface area (Å²) in [7, 11) is 0. The standard InChI is InChI=1S/C6H12N2O3/c1-5(10)3-6(2,11)8-4(9)7-5/h10-11H,3H2,1-2H3,(H2,7,8,9). The highest BCUT2D eigenvalue weighted by atomic mass is 16.3. The highest BCUT2D eigenvalue weighted by molar-refractivity contribution is 5.76. The lowest BCUT2D eigenvalue weighted by Gasteiger charge is -2.39. The maximum atomic E-state index is 10.8. The summed E-state index contributed by atoms with van der Waals surface area (Å²) in [5.41, 5.74) is -2.66. The van der Waals surface area contributed by atoms with Crippen LogP contribution in [0.2, 0.25) is 0 Å². The summed E-state index contributed by atoms with van der Waals surface area (Å²) in [5.74, 6) is 0. The van der Waals surface area contributed by atoms with Gasteiger partial charge < -0.3 is 20.8 Å². The lowest BCUT2D eigenvalue weighted by Crippen LogP contribution is -2.65. The molecule has 5 heteroatoms. The molecule has 11 heavy (non-hydrogen) atoms. The molecule has 0 aromatic rings. The molecular formula is C6H12N2O3. The number of carbonyl (C=O) groups excluding carboxylic acids is 1. The van der Waals surface area contributed by atoms with Crippen molar-refractivity contribution >= 4 is 6.03 Å². The molecule has 2 unspecified atom stereocenters. The van der Waals surface area contributed by atoms with Gasteiger partial charge in [0.2, 0.25) is 0 Å². The van der Waals surface area contributed by atoms with Gasteiger partial charge in [-0.25, -0.2) is 4.79 Å². The van der Waals surface area contributed by atoms with Crippen LogP contribution in [0.25, 0.3) is 0 Å². The van der Waals surface area contributed by atoms with Crippen molar-refractivity contribution in [3.63, 3.8) is 0 Å². The fourth-order valence-corrected chi connectivity index (χ4v) is 1.28. The van der Waals surface area contributed by atoms with Crippen molar-refractivity contribution in [2.75, 3.05) is 0 Å². The van der Waals surface area contributed by atoms with E-state index in [2.05, 4.69) is 10.6 Å². The molecule has 0 saturated carbocycles. The third kappa shape index (κ3) is 2.06. The Morgan fingerprint density at radius 2 is 1.64 bits per heavy atom. The van der Waals surface area contributed by atoms with E-state index in [9.17, 15) is 15.0 Å². The molecule has 1 rings (SSSR count). The second-order valence-corrected chi connectivity index (χ2v) is 3.30. The van der Waals surface area contributed by atoms with Crippen molar-refractivity contribution < 1.29 is 15.0 Å². The quantitative estimate of drug-likeness (QED) is 0.371. The Morgan fingerprint density at radius 1 is 1.27 bits per heavy atom. The van der Waals surface area contributed by atoms with Crippen LogP contribution in [-0.4, -0.2) is 27.7 Å². The molecule has 1 aliphatic rings. The fraction of sp³-hybridized carbons (Fsp3) is 0.833. The van der Waals surface area contributed by atoms with E-state index < -0.39 is 17.5 Å². The van der Waals surface area contributed by atoms with Gasteiger partial charge in [-0.1, -0.05) is 0 Å². The Bertz CT molecular complexity index is 170. The lowest BCUT2D eigenvalue weighted by atomic mass is 10.0. The van der Waals surface area contributed by atoms with Crippen molar-refractivity contribution in [2.24, 2.45) is 0 Å². The second kappa shape index (κ2) is 2.09. The van der Waals surface area contributed by atoms with Crippen LogP contribution in [0.4, 0.5) is 4.79 Å². The topological polar surface area (TPSA) is 81.6 Å². The first-order valence-electron chi connectivity index (χ1n) is 3.36. The van der Waals surface area contributed by atoms with Crippen molar-refractivity contribution in [3.05, 3.63) is 0 Å². The molecule has 64 valence electrons. The van der Waals surface area contributed by atoms with Gasteiger partial charge in [0.15, 0.2) is 0 Å². The van der Waals surface area contributed by atoms with Crippen LogP contribution >= 0.6 is 0 Å². The van der Waals surface area contributed by atoms with Crippen LogP contribution in [0.1, 0.15) is 20.3 Å². The first-order valence-corrected chi connectivity index (χ1v) is 3.36. The minimum absolute atomic E-state index is 0.0612. The van der Waals surface area contributed by atoms with E-state index in [0.717, 1.165) is 0 Å². The zero-order chi connectivity index (χ0) is 8.70. The van der Waals surface area contributed by atoms with Crippen LogP contribution < -0.4 is 10.6 Å². The average Bonchev–Trinajstić information content (AvgIpc) is 1.49. The van der Waals surface area contributed by atoms with Gasteiger partial charge in [-0.05, 0) is 13.8 Å². The second-order valence-electron chi connectivity index (χ2n) is 3.30. The largest absolute Gasteiger partial charge is 0.371 e. The predicted octanol–water partition coefficient (Wildman–Crippen LogP) is -0.894. The third-order valence-corrected chi connectivity index (χ3v) is 1.45. The zero-order valence-corrected chi connectivity index (χ0v) is 6.51. The molecular weight excluding hydrogens is 148 g/mol. The molecule has 1 aliphatic heterocycles. The van der Waals surface area contributed by atoms with Gasteiger partial charge in [-0.2, -0.15) is 0 Å². The number of hydrogen-bond donors (Lipinski definition) is 4. The lowest BCUT2D eigenvalue weighted by molar-refractivity contribution is -0.0861. The van der Waals surface area contributed by atoms with Gasteiger partial charge in [0.05, 0.1) is 0 Å². The molecule has 5 nitrogen and oxygen atoms in total. The zero-order valence-electron chi connectivity index (χ0n) is 6.51. The summed E-state index contributed by atoms with van der Waals surface area (Å²) in [6, 6.07) is -0.564. The van der Waals surface area contributed by atoms with Gasteiger partial charge in [0.25, 0.3) is 0 Å². The summed E-state index contributed by atoms with van der Waals surface area (Å²) < 4.78 is 0. The van der Waals surface area contributed by atoms with E-state index in [-0.39, 0.29) is 6.42 Å². The van der Waals surface area contributed by atoms with Crippen molar-refractivity contribution in [1.82, 2.24) is 10.6 Å². The summed E-state index contributed by atoms with van der Waals surface area (Å²) in [5, 5.41) is 23.2. The van der Waals surface area contributed by atoms with Crippen LogP contribution in [0.5, 0.6) is 0 Å². The Morgan fingerprint density at radius 3 is 1.91 bits per heavy atom.